The third-order valence-electron chi connectivity index (χ3n) is 8.76. The van der Waals surface area contributed by atoms with E-state index in [1.54, 1.807) is 11.0 Å². The smallest absolute Gasteiger partial charge is 0.410 e. The molecule has 7 rings (SSSR count). The minimum atomic E-state index is -0.501. The molecule has 0 aliphatic carbocycles. The van der Waals surface area contributed by atoms with Gasteiger partial charge in [0.05, 0.1) is 27.3 Å². The largest absolute Gasteiger partial charge is 0.445 e. The first-order valence-electron chi connectivity index (χ1n) is 16.0. The summed E-state index contributed by atoms with van der Waals surface area (Å²) in [5.74, 6) is -0.0962. The number of fused-ring (bicyclic) bond motifs is 1. The molecule has 1 unspecified atom stereocenters. The lowest BCUT2D eigenvalue weighted by Crippen LogP contribution is -2.39. The summed E-state index contributed by atoms with van der Waals surface area (Å²) in [5, 5.41) is 13.6. The number of carbonyl (C=O) groups excluding carboxylic acids is 1. The van der Waals surface area contributed by atoms with Crippen molar-refractivity contribution in [2.24, 2.45) is 0 Å². The molecule has 2 aromatic heterocycles. The van der Waals surface area contributed by atoms with E-state index < -0.39 is 5.82 Å². The van der Waals surface area contributed by atoms with Gasteiger partial charge >= 0.3 is 6.09 Å². The van der Waals surface area contributed by atoms with Crippen LogP contribution in [0.1, 0.15) is 47.2 Å². The maximum absolute atomic E-state index is 13.8. The van der Waals surface area contributed by atoms with Crippen LogP contribution in [0.5, 0.6) is 0 Å². The Balaban J connectivity index is 1.09. The fraction of sp³-hybridized carbons (Fsp3) is 0.216. The van der Waals surface area contributed by atoms with Crippen molar-refractivity contribution < 1.29 is 13.9 Å². The first-order chi connectivity index (χ1) is 23.9. The molecule has 1 aliphatic heterocycles. The van der Waals surface area contributed by atoms with Crippen LogP contribution in [0.3, 0.4) is 0 Å². The molecule has 248 valence electrons. The van der Waals surface area contributed by atoms with E-state index in [9.17, 15) is 9.18 Å². The molecule has 1 amide bonds. The van der Waals surface area contributed by atoms with Crippen molar-refractivity contribution in [2.45, 2.75) is 37.8 Å². The zero-order valence-corrected chi connectivity index (χ0v) is 27.9. The van der Waals surface area contributed by atoms with Gasteiger partial charge in [0.1, 0.15) is 24.6 Å². The molecular formula is C37H32Cl2FN7O2. The molecule has 4 aromatic carbocycles. The van der Waals surface area contributed by atoms with Crippen LogP contribution in [0.4, 0.5) is 20.7 Å². The zero-order chi connectivity index (χ0) is 33.7. The van der Waals surface area contributed by atoms with Gasteiger partial charge in [0.25, 0.3) is 0 Å². The van der Waals surface area contributed by atoms with E-state index >= 15 is 0 Å². The van der Waals surface area contributed by atoms with Crippen LogP contribution in [0.2, 0.25) is 10.0 Å². The fourth-order valence-electron chi connectivity index (χ4n) is 6.18. The Bertz CT molecular complexity index is 2070. The van der Waals surface area contributed by atoms with E-state index in [0.29, 0.717) is 41.6 Å². The average molecular weight is 697 g/mol. The second-order valence-electron chi connectivity index (χ2n) is 12.0. The first-order valence-corrected chi connectivity index (χ1v) is 16.7. The van der Waals surface area contributed by atoms with Gasteiger partial charge in [-0.3, -0.25) is 0 Å². The number of ether oxygens (including phenoxy) is 1. The lowest BCUT2D eigenvalue weighted by atomic mass is 9.89. The molecule has 49 heavy (non-hydrogen) atoms. The maximum atomic E-state index is 13.8. The van der Waals surface area contributed by atoms with Crippen molar-refractivity contribution in [3.63, 3.8) is 0 Å². The predicted molar refractivity (Wildman–Crippen MR) is 188 cm³/mol. The topological polar surface area (TPSA) is 98.1 Å². The predicted octanol–water partition coefficient (Wildman–Crippen LogP) is 8.76. The molecule has 9 nitrogen and oxygen atoms in total. The number of halogens is 3. The van der Waals surface area contributed by atoms with Crippen LogP contribution in [-0.4, -0.2) is 49.0 Å². The molecule has 1 N–H and O–H groups in total. The quantitative estimate of drug-likeness (QED) is 0.161. The van der Waals surface area contributed by atoms with E-state index in [1.807, 2.05) is 71.5 Å². The van der Waals surface area contributed by atoms with E-state index in [2.05, 4.69) is 37.7 Å². The van der Waals surface area contributed by atoms with Crippen molar-refractivity contribution in [3.8, 4) is 0 Å². The number of nitrogens with one attached hydrogen (secondary N) is 1. The molecule has 6 aromatic rings. The summed E-state index contributed by atoms with van der Waals surface area (Å²) >= 11 is 12.8. The Labute approximate surface area is 292 Å². The Morgan fingerprint density at radius 2 is 1.67 bits per heavy atom. The van der Waals surface area contributed by atoms with Gasteiger partial charge in [-0.2, -0.15) is 0 Å². The van der Waals surface area contributed by atoms with Crippen LogP contribution >= 0.6 is 23.2 Å². The van der Waals surface area contributed by atoms with E-state index in [-0.39, 0.29) is 29.7 Å². The van der Waals surface area contributed by atoms with Crippen molar-refractivity contribution in [3.05, 3.63) is 142 Å². The minimum absolute atomic E-state index is 0.00715. The van der Waals surface area contributed by atoms with Crippen LogP contribution < -0.4 is 5.32 Å². The number of nitrogens with zero attached hydrogens (tertiary/aromatic N) is 6. The van der Waals surface area contributed by atoms with E-state index in [0.717, 1.165) is 40.6 Å². The van der Waals surface area contributed by atoms with Gasteiger partial charge < -0.3 is 15.0 Å². The van der Waals surface area contributed by atoms with Gasteiger partial charge in [-0.15, -0.1) is 5.10 Å². The standard InChI is InChI=1S/C37H32Cl2FN7O2/c38-31-20-27(11-12-33(31)40)43-36-30-18-25(19-32(39)35(30)41-23-42-36)17-29(26-9-5-2-6-10-26)34-21-47(45-44-34)28-13-15-46(16-14-28)37(48)49-22-24-7-3-1-4-8-24/h1-12,18-21,23,28-29H,13-17,22H2,(H,41,42,43). The van der Waals surface area contributed by atoms with E-state index in [4.69, 9.17) is 27.9 Å². The Hall–Kier alpha value is -5.06. The molecule has 1 aliphatic rings. The van der Waals surface area contributed by atoms with Crippen LogP contribution in [-0.2, 0) is 17.8 Å². The fourth-order valence-corrected chi connectivity index (χ4v) is 6.65. The van der Waals surface area contributed by atoms with E-state index in [1.165, 1.54) is 18.5 Å². The highest BCUT2D eigenvalue weighted by atomic mass is 35.5. The van der Waals surface area contributed by atoms with Crippen molar-refractivity contribution in [2.75, 3.05) is 18.4 Å². The number of benzene rings is 4. The third kappa shape index (κ3) is 7.50. The van der Waals surface area contributed by atoms with Crippen LogP contribution in [0.25, 0.3) is 10.9 Å². The van der Waals surface area contributed by atoms with Crippen LogP contribution in [0, 0.1) is 5.82 Å². The number of aromatic nitrogens is 5. The molecule has 1 saturated heterocycles. The number of amides is 1. The molecular weight excluding hydrogens is 664 g/mol. The Kier molecular flexibility index (Phi) is 9.68. The summed E-state index contributed by atoms with van der Waals surface area (Å²) in [6.07, 6.45) is 5.22. The monoisotopic (exact) mass is 695 g/mol. The number of likely N-dealkylation sites (tertiary alicyclic amines) is 1. The highest BCUT2D eigenvalue weighted by molar-refractivity contribution is 6.35. The zero-order valence-electron chi connectivity index (χ0n) is 26.3. The number of rotatable bonds is 9. The number of hydrogen-bond acceptors (Lipinski definition) is 7. The second-order valence-corrected chi connectivity index (χ2v) is 12.8. The van der Waals surface area contributed by atoms with Gasteiger partial charge in [0, 0.05) is 36.3 Å². The molecule has 0 radical (unpaired) electrons. The molecule has 1 fully saturated rings. The van der Waals surface area contributed by atoms with Crippen LogP contribution in [0.15, 0.2) is 104 Å². The molecule has 0 bridgehead atoms. The summed E-state index contributed by atoms with van der Waals surface area (Å²) in [6, 6.07) is 28.3. The van der Waals surface area contributed by atoms with Gasteiger partial charge in [0.2, 0.25) is 0 Å². The molecule has 0 saturated carbocycles. The average Bonchev–Trinajstić information content (AvgIpc) is 3.62. The molecule has 1 atom stereocenters. The molecule has 0 spiro atoms. The lowest BCUT2D eigenvalue weighted by Gasteiger charge is -2.31. The number of hydrogen-bond donors (Lipinski definition) is 1. The summed E-state index contributed by atoms with van der Waals surface area (Å²) in [6.45, 7) is 1.41. The summed E-state index contributed by atoms with van der Waals surface area (Å²) in [5.41, 5.74) is 5.01. The number of anilines is 2. The van der Waals surface area contributed by atoms with Gasteiger partial charge in [-0.05, 0) is 66.3 Å². The number of carbonyl (C=O) groups is 1. The number of piperidine rings is 1. The lowest BCUT2D eigenvalue weighted by molar-refractivity contribution is 0.0820. The normalized spacial score (nSPS) is 14.1. The highest BCUT2D eigenvalue weighted by Crippen LogP contribution is 2.34. The molecule has 3 heterocycles. The van der Waals surface area contributed by atoms with Gasteiger partial charge in [0.15, 0.2) is 0 Å². The van der Waals surface area contributed by atoms with Gasteiger partial charge in [-0.1, -0.05) is 89.1 Å². The Morgan fingerprint density at radius 1 is 0.918 bits per heavy atom. The van der Waals surface area contributed by atoms with Crippen molar-refractivity contribution >= 4 is 51.7 Å². The second kappa shape index (κ2) is 14.6. The van der Waals surface area contributed by atoms with Gasteiger partial charge in [-0.25, -0.2) is 23.8 Å². The summed E-state index contributed by atoms with van der Waals surface area (Å²) in [7, 11) is 0. The summed E-state index contributed by atoms with van der Waals surface area (Å²) < 4.78 is 21.3. The third-order valence-corrected chi connectivity index (χ3v) is 9.34. The summed E-state index contributed by atoms with van der Waals surface area (Å²) in [4.78, 5) is 23.3. The molecule has 12 heteroatoms. The maximum Gasteiger partial charge on any atom is 0.410 e. The highest BCUT2D eigenvalue weighted by Gasteiger charge is 2.27. The SMILES string of the molecule is O=C(OCc1ccccc1)N1CCC(n2cc(C(Cc3cc(Cl)c4ncnc(Nc5ccc(F)c(Cl)c5)c4c3)c3ccccc3)nn2)CC1. The first kappa shape index (κ1) is 32.5. The Morgan fingerprint density at radius 3 is 2.43 bits per heavy atom. The van der Waals surface area contributed by atoms with Crippen molar-refractivity contribution in [1.29, 1.82) is 0 Å². The minimum Gasteiger partial charge on any atom is -0.445 e. The van der Waals surface area contributed by atoms with Crippen molar-refractivity contribution in [1.82, 2.24) is 29.9 Å².